The lowest BCUT2D eigenvalue weighted by atomic mass is 9.97. The van der Waals surface area contributed by atoms with Crippen molar-refractivity contribution in [1.29, 1.82) is 0 Å². The molecule has 25 heavy (non-hydrogen) atoms. The summed E-state index contributed by atoms with van der Waals surface area (Å²) in [5.74, 6) is -0.890. The van der Waals surface area contributed by atoms with Crippen LogP contribution in [0.3, 0.4) is 0 Å². The molecule has 0 unspecified atom stereocenters. The lowest BCUT2D eigenvalue weighted by Crippen LogP contribution is -2.30. The number of aliphatic hydroxyl groups excluding tert-OH is 1. The zero-order chi connectivity index (χ0) is 18.4. The zero-order valence-corrected chi connectivity index (χ0v) is 15.3. The van der Waals surface area contributed by atoms with Gasteiger partial charge in [0.25, 0.3) is 5.91 Å². The second kappa shape index (κ2) is 8.85. The van der Waals surface area contributed by atoms with Crippen LogP contribution >= 0.6 is 0 Å². The Morgan fingerprint density at radius 3 is 2.72 bits per heavy atom. The normalized spacial score (nSPS) is 15.4. The molecule has 0 aromatic carbocycles. The van der Waals surface area contributed by atoms with Crippen molar-refractivity contribution in [3.05, 3.63) is 34.2 Å². The van der Waals surface area contributed by atoms with Crippen molar-refractivity contribution >= 4 is 11.9 Å². The molecule has 0 radical (unpaired) electrons. The van der Waals surface area contributed by atoms with Gasteiger partial charge in [-0.3, -0.25) is 4.79 Å². The molecule has 1 aromatic rings. The first-order chi connectivity index (χ1) is 11.9. The van der Waals surface area contributed by atoms with E-state index in [1.54, 1.807) is 20.8 Å². The maximum absolute atomic E-state index is 12.2. The number of rotatable bonds is 7. The Morgan fingerprint density at radius 1 is 1.36 bits per heavy atom. The van der Waals surface area contributed by atoms with Crippen molar-refractivity contribution in [2.24, 2.45) is 0 Å². The van der Waals surface area contributed by atoms with E-state index >= 15 is 0 Å². The second-order valence-corrected chi connectivity index (χ2v) is 6.62. The van der Waals surface area contributed by atoms with Gasteiger partial charge in [0, 0.05) is 17.8 Å². The topological polar surface area (TPSA) is 91.4 Å². The number of aromatic amines is 1. The highest BCUT2D eigenvalue weighted by Crippen LogP contribution is 2.24. The molecule has 1 heterocycles. The highest BCUT2D eigenvalue weighted by atomic mass is 16.5. The van der Waals surface area contributed by atoms with Crippen LogP contribution in [0.2, 0.25) is 0 Å². The van der Waals surface area contributed by atoms with Crippen molar-refractivity contribution in [1.82, 2.24) is 10.3 Å². The Labute approximate surface area is 148 Å². The van der Waals surface area contributed by atoms with E-state index in [2.05, 4.69) is 16.4 Å². The SMILES string of the molecule is Cc1[nH]c(C(=O)OCC(=O)NCCC2=CCCCC2)c(C)c1[C@H](C)O. The predicted molar refractivity (Wildman–Crippen MR) is 95.4 cm³/mol. The van der Waals surface area contributed by atoms with Crippen molar-refractivity contribution in [3.63, 3.8) is 0 Å². The maximum Gasteiger partial charge on any atom is 0.355 e. The molecular formula is C19H28N2O4. The molecule has 0 aliphatic heterocycles. The highest BCUT2D eigenvalue weighted by molar-refractivity contribution is 5.91. The number of carbonyl (C=O) groups is 2. The third-order valence-electron chi connectivity index (χ3n) is 4.61. The van der Waals surface area contributed by atoms with Gasteiger partial charge in [-0.05, 0) is 58.4 Å². The van der Waals surface area contributed by atoms with Gasteiger partial charge in [0.2, 0.25) is 0 Å². The van der Waals surface area contributed by atoms with Gasteiger partial charge in [0.05, 0.1) is 6.10 Å². The third kappa shape index (κ3) is 5.19. The van der Waals surface area contributed by atoms with Gasteiger partial charge < -0.3 is 20.1 Å². The summed E-state index contributed by atoms with van der Waals surface area (Å²) in [5, 5.41) is 12.5. The maximum atomic E-state index is 12.2. The Balaban J connectivity index is 1.78. The molecule has 1 aliphatic rings. The number of carbonyl (C=O) groups excluding carboxylic acids is 2. The van der Waals surface area contributed by atoms with E-state index in [9.17, 15) is 14.7 Å². The molecule has 1 atom stereocenters. The molecule has 0 fully saturated rings. The Kier molecular flexibility index (Phi) is 6.82. The van der Waals surface area contributed by atoms with E-state index in [1.807, 2.05) is 0 Å². The van der Waals surface area contributed by atoms with Gasteiger partial charge >= 0.3 is 5.97 Å². The summed E-state index contributed by atoms with van der Waals surface area (Å²) in [6, 6.07) is 0. The number of aryl methyl sites for hydroxylation is 1. The first kappa shape index (κ1) is 19.2. The Morgan fingerprint density at radius 2 is 2.12 bits per heavy atom. The largest absolute Gasteiger partial charge is 0.451 e. The number of ether oxygens (including phenoxy) is 1. The molecule has 3 N–H and O–H groups in total. The molecule has 6 heteroatoms. The number of aromatic nitrogens is 1. The summed E-state index contributed by atoms with van der Waals surface area (Å²) in [6.45, 7) is 5.44. The van der Waals surface area contributed by atoms with Crippen LogP contribution in [0.25, 0.3) is 0 Å². The minimum Gasteiger partial charge on any atom is -0.451 e. The number of esters is 1. The average molecular weight is 348 g/mol. The first-order valence-electron chi connectivity index (χ1n) is 8.89. The third-order valence-corrected chi connectivity index (χ3v) is 4.61. The highest BCUT2D eigenvalue weighted by Gasteiger charge is 2.21. The molecule has 6 nitrogen and oxygen atoms in total. The minimum atomic E-state index is -0.671. The average Bonchev–Trinajstić information content (AvgIpc) is 2.88. The van der Waals surface area contributed by atoms with Gasteiger partial charge in [0.1, 0.15) is 5.69 Å². The fraction of sp³-hybridized carbons (Fsp3) is 0.579. The lowest BCUT2D eigenvalue weighted by molar-refractivity contribution is -0.124. The second-order valence-electron chi connectivity index (χ2n) is 6.62. The smallest absolute Gasteiger partial charge is 0.355 e. The van der Waals surface area contributed by atoms with Crippen LogP contribution in [0.5, 0.6) is 0 Å². The standard InChI is InChI=1S/C19H28N2O4/c1-12-17(14(3)22)13(2)21-18(12)19(24)25-11-16(23)20-10-9-15-7-5-4-6-8-15/h7,14,21-22H,4-6,8-11H2,1-3H3,(H,20,23)/t14-/m0/s1. The molecule has 0 saturated heterocycles. The van der Waals surface area contributed by atoms with Gasteiger partial charge in [-0.15, -0.1) is 0 Å². The van der Waals surface area contributed by atoms with E-state index in [0.29, 0.717) is 17.7 Å². The van der Waals surface area contributed by atoms with E-state index in [4.69, 9.17) is 4.74 Å². The lowest BCUT2D eigenvalue weighted by Gasteiger charge is -2.13. The fourth-order valence-corrected chi connectivity index (χ4v) is 3.34. The molecular weight excluding hydrogens is 320 g/mol. The van der Waals surface area contributed by atoms with E-state index in [0.717, 1.165) is 25.0 Å². The molecule has 1 aliphatic carbocycles. The molecule has 2 rings (SSSR count). The van der Waals surface area contributed by atoms with Crippen molar-refractivity contribution in [2.75, 3.05) is 13.2 Å². The Bertz CT molecular complexity index is 659. The quantitative estimate of drug-likeness (QED) is 0.522. The molecule has 1 amide bonds. The molecule has 0 bridgehead atoms. The molecule has 138 valence electrons. The van der Waals surface area contributed by atoms with E-state index in [-0.39, 0.29) is 18.2 Å². The molecule has 1 aromatic heterocycles. The number of aliphatic hydroxyl groups is 1. The summed E-state index contributed by atoms with van der Waals surface area (Å²) in [5.41, 5.74) is 3.75. The summed E-state index contributed by atoms with van der Waals surface area (Å²) in [7, 11) is 0. The van der Waals surface area contributed by atoms with Crippen LogP contribution in [-0.4, -0.2) is 35.1 Å². The van der Waals surface area contributed by atoms with Crippen LogP contribution < -0.4 is 5.32 Å². The number of allylic oxidation sites excluding steroid dienone is 1. The fourth-order valence-electron chi connectivity index (χ4n) is 3.34. The van der Waals surface area contributed by atoms with Gasteiger partial charge in [-0.2, -0.15) is 0 Å². The minimum absolute atomic E-state index is 0.286. The van der Waals surface area contributed by atoms with E-state index in [1.165, 1.54) is 18.4 Å². The van der Waals surface area contributed by atoms with Crippen LogP contribution in [0.1, 0.15) is 72.4 Å². The summed E-state index contributed by atoms with van der Waals surface area (Å²) < 4.78 is 5.08. The number of hydrogen-bond donors (Lipinski definition) is 3. The monoisotopic (exact) mass is 348 g/mol. The predicted octanol–water partition coefficient (Wildman–Crippen LogP) is 2.85. The zero-order valence-electron chi connectivity index (χ0n) is 15.3. The van der Waals surface area contributed by atoms with Crippen molar-refractivity contribution in [2.45, 2.75) is 59.0 Å². The molecule has 0 spiro atoms. The van der Waals surface area contributed by atoms with Gasteiger partial charge in [-0.25, -0.2) is 4.79 Å². The number of nitrogens with one attached hydrogen (secondary N) is 2. The van der Waals surface area contributed by atoms with Crippen LogP contribution in [0, 0.1) is 13.8 Å². The number of amides is 1. The van der Waals surface area contributed by atoms with Crippen LogP contribution in [0.4, 0.5) is 0 Å². The molecule has 0 saturated carbocycles. The summed E-state index contributed by atoms with van der Waals surface area (Å²) >= 11 is 0. The van der Waals surface area contributed by atoms with Crippen LogP contribution in [-0.2, 0) is 9.53 Å². The summed E-state index contributed by atoms with van der Waals surface area (Å²) in [4.78, 5) is 26.9. The van der Waals surface area contributed by atoms with Crippen LogP contribution in [0.15, 0.2) is 11.6 Å². The van der Waals surface area contributed by atoms with Crippen molar-refractivity contribution in [3.8, 4) is 0 Å². The first-order valence-corrected chi connectivity index (χ1v) is 8.89. The van der Waals surface area contributed by atoms with E-state index < -0.39 is 12.1 Å². The number of hydrogen-bond acceptors (Lipinski definition) is 4. The summed E-state index contributed by atoms with van der Waals surface area (Å²) in [6.07, 6.45) is 7.15. The number of H-pyrrole nitrogens is 1. The van der Waals surface area contributed by atoms with Gasteiger partial charge in [-0.1, -0.05) is 11.6 Å². The Hall–Kier alpha value is -2.08. The van der Waals surface area contributed by atoms with Crippen molar-refractivity contribution < 1.29 is 19.4 Å². The van der Waals surface area contributed by atoms with Gasteiger partial charge in [0.15, 0.2) is 6.61 Å².